The van der Waals surface area contributed by atoms with E-state index >= 15 is 0 Å². The van der Waals surface area contributed by atoms with Crippen molar-refractivity contribution in [1.29, 1.82) is 0 Å². The third-order valence-electron chi connectivity index (χ3n) is 3.41. The molecule has 3 heterocycles. The fourth-order valence-electron chi connectivity index (χ4n) is 2.37. The molecule has 1 aliphatic rings. The number of pyridine rings is 1. The van der Waals surface area contributed by atoms with Gasteiger partial charge in [-0.05, 0) is 25.0 Å². The van der Waals surface area contributed by atoms with Gasteiger partial charge in [0, 0.05) is 37.1 Å². The van der Waals surface area contributed by atoms with Crippen LogP contribution in [0.15, 0.2) is 43.1 Å². The first-order chi connectivity index (χ1) is 10.3. The van der Waals surface area contributed by atoms with Crippen LogP contribution in [0.4, 0.5) is 5.69 Å². The first-order valence-electron chi connectivity index (χ1n) is 6.94. The third kappa shape index (κ3) is 3.22. The van der Waals surface area contributed by atoms with Gasteiger partial charge in [0.1, 0.15) is 5.69 Å². The molecule has 1 saturated heterocycles. The molecular formula is C15H16N4O2. The average Bonchev–Trinajstić information content (AvgIpc) is 3.07. The number of ether oxygens (including phenoxy) is 1. The van der Waals surface area contributed by atoms with Crippen molar-refractivity contribution in [3.8, 4) is 0 Å². The Morgan fingerprint density at radius 1 is 1.24 bits per heavy atom. The highest BCUT2D eigenvalue weighted by atomic mass is 16.5. The molecule has 0 radical (unpaired) electrons. The standard InChI is InChI=1S/C15H16N4O2/c20-15(14-10-17-7-8-18-14)19(11-13-2-1-9-21-13)12-3-5-16-6-4-12/h3-8,10,13H,1-2,9,11H2. The molecule has 6 heteroatoms. The van der Waals surface area contributed by atoms with Crippen LogP contribution in [0.1, 0.15) is 23.3 Å². The lowest BCUT2D eigenvalue weighted by Gasteiger charge is -2.25. The van der Waals surface area contributed by atoms with Crippen LogP contribution in [0.3, 0.4) is 0 Å². The molecule has 0 saturated carbocycles. The van der Waals surface area contributed by atoms with E-state index in [2.05, 4.69) is 15.0 Å². The highest BCUT2D eigenvalue weighted by Crippen LogP contribution is 2.20. The van der Waals surface area contributed by atoms with Crippen LogP contribution in [0, 0.1) is 0 Å². The molecule has 2 aromatic heterocycles. The molecule has 21 heavy (non-hydrogen) atoms. The monoisotopic (exact) mass is 284 g/mol. The Bertz CT molecular complexity index is 585. The molecule has 0 bridgehead atoms. The Hall–Kier alpha value is -2.34. The van der Waals surface area contributed by atoms with Crippen LogP contribution in [-0.2, 0) is 4.74 Å². The van der Waals surface area contributed by atoms with Crippen LogP contribution in [0.2, 0.25) is 0 Å². The predicted octanol–water partition coefficient (Wildman–Crippen LogP) is 1.70. The molecular weight excluding hydrogens is 268 g/mol. The van der Waals surface area contributed by atoms with E-state index in [4.69, 9.17) is 4.74 Å². The molecule has 1 unspecified atom stereocenters. The quantitative estimate of drug-likeness (QED) is 0.854. The number of carbonyl (C=O) groups is 1. The summed E-state index contributed by atoms with van der Waals surface area (Å²) in [5.74, 6) is -0.176. The Balaban J connectivity index is 1.86. The van der Waals surface area contributed by atoms with E-state index in [0.717, 1.165) is 25.1 Å². The minimum absolute atomic E-state index is 0.0683. The average molecular weight is 284 g/mol. The summed E-state index contributed by atoms with van der Waals surface area (Å²) in [5.41, 5.74) is 1.11. The number of aromatic nitrogens is 3. The molecule has 1 amide bonds. The van der Waals surface area contributed by atoms with E-state index in [1.807, 2.05) is 12.1 Å². The van der Waals surface area contributed by atoms with Crippen molar-refractivity contribution in [3.63, 3.8) is 0 Å². The van der Waals surface area contributed by atoms with Gasteiger partial charge in [-0.25, -0.2) is 4.98 Å². The number of nitrogens with zero attached hydrogens (tertiary/aromatic N) is 4. The van der Waals surface area contributed by atoms with E-state index in [9.17, 15) is 4.79 Å². The van der Waals surface area contributed by atoms with Crippen LogP contribution in [0.5, 0.6) is 0 Å². The number of amides is 1. The first-order valence-corrected chi connectivity index (χ1v) is 6.94. The maximum Gasteiger partial charge on any atom is 0.278 e. The predicted molar refractivity (Wildman–Crippen MR) is 76.9 cm³/mol. The molecule has 3 rings (SSSR count). The van der Waals surface area contributed by atoms with Gasteiger partial charge < -0.3 is 9.64 Å². The van der Waals surface area contributed by atoms with Crippen molar-refractivity contribution >= 4 is 11.6 Å². The SMILES string of the molecule is O=C(c1cnccn1)N(CC1CCCO1)c1ccncc1. The summed E-state index contributed by atoms with van der Waals surface area (Å²) in [5, 5.41) is 0. The van der Waals surface area contributed by atoms with E-state index in [0.29, 0.717) is 12.2 Å². The number of rotatable bonds is 4. The smallest absolute Gasteiger partial charge is 0.278 e. The molecule has 0 N–H and O–H groups in total. The van der Waals surface area contributed by atoms with Crippen molar-refractivity contribution < 1.29 is 9.53 Å². The van der Waals surface area contributed by atoms with Crippen molar-refractivity contribution in [2.45, 2.75) is 18.9 Å². The highest BCUT2D eigenvalue weighted by molar-refractivity contribution is 6.04. The summed E-state index contributed by atoms with van der Waals surface area (Å²) in [6.45, 7) is 1.27. The van der Waals surface area contributed by atoms with Crippen molar-refractivity contribution in [3.05, 3.63) is 48.8 Å². The molecule has 2 aromatic rings. The van der Waals surface area contributed by atoms with Crippen LogP contribution >= 0.6 is 0 Å². The number of hydrogen-bond donors (Lipinski definition) is 0. The molecule has 0 spiro atoms. The maximum atomic E-state index is 12.7. The van der Waals surface area contributed by atoms with E-state index in [1.54, 1.807) is 23.5 Å². The van der Waals surface area contributed by atoms with Gasteiger partial charge in [0.2, 0.25) is 0 Å². The maximum absolute atomic E-state index is 12.7. The van der Waals surface area contributed by atoms with Crippen molar-refractivity contribution in [2.75, 3.05) is 18.1 Å². The summed E-state index contributed by atoms with van der Waals surface area (Å²) < 4.78 is 5.65. The normalized spacial score (nSPS) is 17.6. The fourth-order valence-corrected chi connectivity index (χ4v) is 2.37. The summed E-state index contributed by atoms with van der Waals surface area (Å²) in [6, 6.07) is 3.62. The second-order valence-corrected chi connectivity index (χ2v) is 4.85. The van der Waals surface area contributed by atoms with Crippen LogP contribution in [-0.4, -0.2) is 40.1 Å². The summed E-state index contributed by atoms with van der Waals surface area (Å²) in [4.78, 5) is 26.4. The molecule has 1 fully saturated rings. The lowest BCUT2D eigenvalue weighted by atomic mass is 10.2. The Morgan fingerprint density at radius 3 is 2.76 bits per heavy atom. The largest absolute Gasteiger partial charge is 0.376 e. The highest BCUT2D eigenvalue weighted by Gasteiger charge is 2.25. The lowest BCUT2D eigenvalue weighted by Crippen LogP contribution is -2.38. The molecule has 6 nitrogen and oxygen atoms in total. The summed E-state index contributed by atoms with van der Waals surface area (Å²) in [7, 11) is 0. The summed E-state index contributed by atoms with van der Waals surface area (Å²) in [6.07, 6.45) is 9.95. The number of hydrogen-bond acceptors (Lipinski definition) is 5. The van der Waals surface area contributed by atoms with E-state index in [-0.39, 0.29) is 12.0 Å². The van der Waals surface area contributed by atoms with Gasteiger partial charge in [-0.2, -0.15) is 0 Å². The van der Waals surface area contributed by atoms with Gasteiger partial charge in [-0.15, -0.1) is 0 Å². The third-order valence-corrected chi connectivity index (χ3v) is 3.41. The molecule has 1 atom stereocenters. The van der Waals surface area contributed by atoms with Crippen molar-refractivity contribution in [2.24, 2.45) is 0 Å². The van der Waals surface area contributed by atoms with Gasteiger partial charge in [-0.3, -0.25) is 14.8 Å². The molecule has 0 aromatic carbocycles. The minimum atomic E-state index is -0.176. The Morgan fingerprint density at radius 2 is 2.10 bits per heavy atom. The number of anilines is 1. The lowest BCUT2D eigenvalue weighted by molar-refractivity contribution is 0.0913. The van der Waals surface area contributed by atoms with Gasteiger partial charge in [0.25, 0.3) is 5.91 Å². The van der Waals surface area contributed by atoms with Gasteiger partial charge in [-0.1, -0.05) is 0 Å². The van der Waals surface area contributed by atoms with E-state index in [1.165, 1.54) is 12.4 Å². The molecule has 108 valence electrons. The second kappa shape index (κ2) is 6.41. The zero-order chi connectivity index (χ0) is 14.5. The van der Waals surface area contributed by atoms with Crippen molar-refractivity contribution in [1.82, 2.24) is 15.0 Å². The fraction of sp³-hybridized carbons (Fsp3) is 0.333. The molecule has 1 aliphatic heterocycles. The Labute approximate surface area is 122 Å². The second-order valence-electron chi connectivity index (χ2n) is 4.85. The minimum Gasteiger partial charge on any atom is -0.376 e. The van der Waals surface area contributed by atoms with Gasteiger partial charge in [0.05, 0.1) is 18.8 Å². The van der Waals surface area contributed by atoms with Crippen LogP contribution in [0.25, 0.3) is 0 Å². The van der Waals surface area contributed by atoms with Gasteiger partial charge >= 0.3 is 0 Å². The first kappa shape index (κ1) is 13.6. The van der Waals surface area contributed by atoms with Gasteiger partial charge in [0.15, 0.2) is 0 Å². The summed E-state index contributed by atoms with van der Waals surface area (Å²) >= 11 is 0. The zero-order valence-corrected chi connectivity index (χ0v) is 11.6. The van der Waals surface area contributed by atoms with E-state index < -0.39 is 0 Å². The number of carbonyl (C=O) groups excluding carboxylic acids is 1. The Kier molecular flexibility index (Phi) is 4.16. The topological polar surface area (TPSA) is 68.2 Å². The zero-order valence-electron chi connectivity index (χ0n) is 11.6. The molecule has 0 aliphatic carbocycles. The van der Waals surface area contributed by atoms with Crippen LogP contribution < -0.4 is 4.90 Å².